The van der Waals surface area contributed by atoms with Gasteiger partial charge in [-0.1, -0.05) is 30.3 Å². The van der Waals surface area contributed by atoms with Crippen LogP contribution >= 0.6 is 0 Å². The SMILES string of the molecule is CCO[Si](CCCNC(=O)c1ccc2c(C#N)c3ccccc3c(C#N)c2c1)(OCC)OCC. The molecular weight excluding hydrogens is 446 g/mol. The van der Waals surface area contributed by atoms with Gasteiger partial charge in [0.15, 0.2) is 0 Å². The number of nitrogens with zero attached hydrogens (tertiary/aromatic N) is 2. The standard InChI is InChI=1S/C26H29N3O4Si/c1-4-31-34(32-5-2,33-6-3)15-9-14-29-26(30)19-12-13-22-23(16-19)25(18-28)21-11-8-7-10-20(21)24(22)17-27/h7-8,10-13,16H,4-6,9,14-15H2,1-3H3,(H,29,30). The first-order chi connectivity index (χ1) is 16.5. The van der Waals surface area contributed by atoms with Crippen molar-refractivity contribution in [2.45, 2.75) is 33.2 Å². The van der Waals surface area contributed by atoms with Crippen molar-refractivity contribution in [3.8, 4) is 12.1 Å². The van der Waals surface area contributed by atoms with Crippen molar-refractivity contribution in [2.75, 3.05) is 26.4 Å². The zero-order valence-electron chi connectivity index (χ0n) is 19.8. The van der Waals surface area contributed by atoms with Crippen molar-refractivity contribution in [3.63, 3.8) is 0 Å². The fraction of sp³-hybridized carbons (Fsp3) is 0.346. The third-order valence-electron chi connectivity index (χ3n) is 5.55. The number of benzene rings is 3. The van der Waals surface area contributed by atoms with Gasteiger partial charge >= 0.3 is 8.80 Å². The Labute approximate surface area is 201 Å². The Morgan fingerprint density at radius 2 is 1.38 bits per heavy atom. The fourth-order valence-electron chi connectivity index (χ4n) is 4.17. The van der Waals surface area contributed by atoms with Gasteiger partial charge in [-0.15, -0.1) is 0 Å². The van der Waals surface area contributed by atoms with Crippen LogP contribution in [0.25, 0.3) is 21.5 Å². The van der Waals surface area contributed by atoms with Gasteiger partial charge in [-0.2, -0.15) is 10.5 Å². The predicted octanol–water partition coefficient (Wildman–Crippen LogP) is 4.90. The highest BCUT2D eigenvalue weighted by molar-refractivity contribution is 6.60. The maximum atomic E-state index is 12.9. The van der Waals surface area contributed by atoms with Crippen LogP contribution < -0.4 is 5.32 Å². The molecule has 8 heteroatoms. The Morgan fingerprint density at radius 3 is 1.91 bits per heavy atom. The largest absolute Gasteiger partial charge is 0.500 e. The molecule has 3 aromatic carbocycles. The molecule has 3 rings (SSSR count). The van der Waals surface area contributed by atoms with E-state index in [4.69, 9.17) is 13.3 Å². The van der Waals surface area contributed by atoms with Crippen molar-refractivity contribution >= 4 is 36.3 Å². The molecule has 0 bridgehead atoms. The molecule has 7 nitrogen and oxygen atoms in total. The van der Waals surface area contributed by atoms with Crippen molar-refractivity contribution in [3.05, 3.63) is 59.2 Å². The van der Waals surface area contributed by atoms with Crippen LogP contribution in [-0.4, -0.2) is 41.1 Å². The molecule has 0 aliphatic carbocycles. The highest BCUT2D eigenvalue weighted by Gasteiger charge is 2.39. The fourth-order valence-corrected chi connectivity index (χ4v) is 6.78. The molecule has 0 spiro atoms. The lowest BCUT2D eigenvalue weighted by atomic mass is 9.91. The van der Waals surface area contributed by atoms with E-state index in [0.717, 1.165) is 5.39 Å². The van der Waals surface area contributed by atoms with Crippen molar-refractivity contribution in [2.24, 2.45) is 0 Å². The van der Waals surface area contributed by atoms with Crippen LogP contribution in [0.1, 0.15) is 48.7 Å². The van der Waals surface area contributed by atoms with Gasteiger partial charge in [0.1, 0.15) is 12.1 Å². The Balaban J connectivity index is 1.81. The Morgan fingerprint density at radius 1 is 0.853 bits per heavy atom. The molecule has 0 heterocycles. The van der Waals surface area contributed by atoms with Gasteiger partial charge in [0.25, 0.3) is 5.91 Å². The molecule has 0 fully saturated rings. The lowest BCUT2D eigenvalue weighted by molar-refractivity contribution is 0.0705. The van der Waals surface area contributed by atoms with E-state index in [1.165, 1.54) is 0 Å². The van der Waals surface area contributed by atoms with Gasteiger partial charge in [-0.3, -0.25) is 4.79 Å². The quantitative estimate of drug-likeness (QED) is 0.240. The molecule has 1 amide bonds. The molecule has 0 saturated heterocycles. The van der Waals surface area contributed by atoms with Gasteiger partial charge < -0.3 is 18.6 Å². The molecule has 3 aromatic rings. The van der Waals surface area contributed by atoms with Crippen LogP contribution in [-0.2, 0) is 13.3 Å². The van der Waals surface area contributed by atoms with Crippen LogP contribution in [0, 0.1) is 22.7 Å². The van der Waals surface area contributed by atoms with E-state index in [9.17, 15) is 15.3 Å². The van der Waals surface area contributed by atoms with Gasteiger partial charge in [0.2, 0.25) is 0 Å². The topological polar surface area (TPSA) is 104 Å². The van der Waals surface area contributed by atoms with E-state index in [1.54, 1.807) is 18.2 Å². The first kappa shape index (κ1) is 25.4. The highest BCUT2D eigenvalue weighted by atomic mass is 28.4. The summed E-state index contributed by atoms with van der Waals surface area (Å²) in [6.07, 6.45) is 0.651. The number of carbonyl (C=O) groups is 1. The third-order valence-corrected chi connectivity index (χ3v) is 8.70. The highest BCUT2D eigenvalue weighted by Crippen LogP contribution is 2.32. The number of nitrogens with one attached hydrogen (secondary N) is 1. The summed E-state index contributed by atoms with van der Waals surface area (Å²) in [5, 5.41) is 25.2. The average Bonchev–Trinajstić information content (AvgIpc) is 2.85. The molecule has 176 valence electrons. The second kappa shape index (κ2) is 11.7. The summed E-state index contributed by atoms with van der Waals surface area (Å²) in [5.74, 6) is -0.242. The second-order valence-electron chi connectivity index (χ2n) is 7.62. The first-order valence-electron chi connectivity index (χ1n) is 11.5. The summed E-state index contributed by atoms with van der Waals surface area (Å²) in [7, 11) is -2.75. The minimum atomic E-state index is -2.75. The second-order valence-corrected chi connectivity index (χ2v) is 10.4. The molecule has 34 heavy (non-hydrogen) atoms. The maximum absolute atomic E-state index is 12.9. The van der Waals surface area contributed by atoms with Crippen LogP contribution in [0.4, 0.5) is 0 Å². The molecule has 0 atom stereocenters. The number of hydrogen-bond donors (Lipinski definition) is 1. The molecule has 0 aromatic heterocycles. The molecule has 1 N–H and O–H groups in total. The van der Waals surface area contributed by atoms with Crippen molar-refractivity contribution in [1.82, 2.24) is 5.32 Å². The smallest absolute Gasteiger partial charge is 0.374 e. The van der Waals surface area contributed by atoms with E-state index in [-0.39, 0.29) is 5.91 Å². The molecule has 0 unspecified atom stereocenters. The number of nitriles is 2. The zero-order chi connectivity index (χ0) is 24.6. The van der Waals surface area contributed by atoms with Crippen LogP contribution in [0.5, 0.6) is 0 Å². The third kappa shape index (κ3) is 5.27. The number of fused-ring (bicyclic) bond motifs is 2. The summed E-state index contributed by atoms with van der Waals surface area (Å²) in [6, 6.07) is 17.6. The van der Waals surface area contributed by atoms with Crippen LogP contribution in [0.3, 0.4) is 0 Å². The minimum Gasteiger partial charge on any atom is -0.374 e. The van der Waals surface area contributed by atoms with Crippen LogP contribution in [0.2, 0.25) is 6.04 Å². The number of amides is 1. The Bertz CT molecular complexity index is 1250. The normalized spacial score (nSPS) is 11.3. The summed E-state index contributed by atoms with van der Waals surface area (Å²) in [4.78, 5) is 12.9. The number of carbonyl (C=O) groups excluding carboxylic acids is 1. The van der Waals surface area contributed by atoms with E-state index < -0.39 is 8.80 Å². The minimum absolute atomic E-state index is 0.242. The number of hydrogen-bond acceptors (Lipinski definition) is 6. The molecule has 0 saturated carbocycles. The predicted molar refractivity (Wildman–Crippen MR) is 133 cm³/mol. The maximum Gasteiger partial charge on any atom is 0.500 e. The monoisotopic (exact) mass is 475 g/mol. The van der Waals surface area contributed by atoms with Crippen LogP contribution in [0.15, 0.2) is 42.5 Å². The van der Waals surface area contributed by atoms with Crippen molar-refractivity contribution < 1.29 is 18.1 Å². The Hall–Kier alpha value is -3.27. The van der Waals surface area contributed by atoms with E-state index in [2.05, 4.69) is 17.5 Å². The first-order valence-corrected chi connectivity index (χ1v) is 13.5. The van der Waals surface area contributed by atoms with Gasteiger partial charge in [-0.25, -0.2) is 0 Å². The summed E-state index contributed by atoms with van der Waals surface area (Å²) >= 11 is 0. The average molecular weight is 476 g/mol. The summed E-state index contributed by atoms with van der Waals surface area (Å²) in [6.45, 7) is 7.71. The summed E-state index contributed by atoms with van der Waals surface area (Å²) < 4.78 is 17.6. The lowest BCUT2D eigenvalue weighted by Gasteiger charge is -2.28. The van der Waals surface area contributed by atoms with Crippen molar-refractivity contribution in [1.29, 1.82) is 10.5 Å². The lowest BCUT2D eigenvalue weighted by Crippen LogP contribution is -2.46. The molecule has 0 aliphatic heterocycles. The van der Waals surface area contributed by atoms with Gasteiger partial charge in [-0.05, 0) is 39.3 Å². The Kier molecular flexibility index (Phi) is 8.75. The van der Waals surface area contributed by atoms with E-state index in [0.29, 0.717) is 71.7 Å². The molecule has 0 radical (unpaired) electrons. The summed E-state index contributed by atoms with van der Waals surface area (Å²) in [5.41, 5.74) is 1.40. The number of rotatable bonds is 11. The molecular formula is C26H29N3O4Si. The zero-order valence-corrected chi connectivity index (χ0v) is 20.8. The van der Waals surface area contributed by atoms with E-state index >= 15 is 0 Å². The van der Waals surface area contributed by atoms with Gasteiger partial charge in [0.05, 0.1) is 11.1 Å². The molecule has 0 aliphatic rings. The van der Waals surface area contributed by atoms with Gasteiger partial charge in [0, 0.05) is 59.5 Å². The van der Waals surface area contributed by atoms with E-state index in [1.807, 2.05) is 45.0 Å².